The molecule has 8 heteroatoms. The lowest BCUT2D eigenvalue weighted by Gasteiger charge is -2.33. The van der Waals surface area contributed by atoms with Crippen molar-refractivity contribution in [1.29, 1.82) is 0 Å². The van der Waals surface area contributed by atoms with Gasteiger partial charge >= 0.3 is 0 Å². The minimum Gasteiger partial charge on any atom is -0.379 e. The van der Waals surface area contributed by atoms with E-state index in [9.17, 15) is 17.6 Å². The summed E-state index contributed by atoms with van der Waals surface area (Å²) in [6.07, 6.45) is -5.87. The van der Waals surface area contributed by atoms with Crippen molar-refractivity contribution in [1.82, 2.24) is 9.47 Å². The van der Waals surface area contributed by atoms with Gasteiger partial charge in [-0.1, -0.05) is 6.07 Å². The average Bonchev–Trinajstić information content (AvgIpc) is 2.86. The van der Waals surface area contributed by atoms with E-state index in [1.54, 1.807) is 24.3 Å². The zero-order chi connectivity index (χ0) is 17.4. The summed E-state index contributed by atoms with van der Waals surface area (Å²) >= 11 is 1.84. The molecule has 1 saturated heterocycles. The van der Waals surface area contributed by atoms with Crippen molar-refractivity contribution in [2.45, 2.75) is 31.4 Å². The molecule has 1 aliphatic rings. The van der Waals surface area contributed by atoms with Gasteiger partial charge in [0.25, 0.3) is 6.43 Å². The van der Waals surface area contributed by atoms with E-state index in [0.29, 0.717) is 33.3 Å². The number of hydrogen-bond acceptors (Lipinski definition) is 2. The summed E-state index contributed by atoms with van der Waals surface area (Å²) in [6.45, 7) is 1.13. The number of fused-ring (bicyclic) bond motifs is 1. The molecule has 0 radical (unpaired) electrons. The van der Waals surface area contributed by atoms with E-state index in [4.69, 9.17) is 0 Å². The van der Waals surface area contributed by atoms with Crippen LogP contribution < -0.4 is 5.32 Å². The highest BCUT2D eigenvalue weighted by atomic mass is 127. The number of likely N-dealkylation sites (tertiary alicyclic amines) is 1. The summed E-state index contributed by atoms with van der Waals surface area (Å²) in [5.41, 5.74) is 1.02. The smallest absolute Gasteiger partial charge is 0.288 e. The molecule has 1 N–H and O–H groups in total. The van der Waals surface area contributed by atoms with Gasteiger partial charge in [-0.2, -0.15) is 0 Å². The Morgan fingerprint density at radius 3 is 2.71 bits per heavy atom. The molecule has 3 unspecified atom stereocenters. The van der Waals surface area contributed by atoms with Crippen molar-refractivity contribution in [2.24, 2.45) is 0 Å². The Labute approximate surface area is 151 Å². The van der Waals surface area contributed by atoms with Crippen LogP contribution >= 0.6 is 22.6 Å². The van der Waals surface area contributed by atoms with Crippen LogP contribution in [0, 0.1) is 3.70 Å². The normalized spacial score (nSPS) is 23.8. The van der Waals surface area contributed by atoms with E-state index < -0.39 is 18.9 Å². The monoisotopic (exact) mass is 455 g/mol. The zero-order valence-electron chi connectivity index (χ0n) is 13.0. The molecule has 1 aliphatic heterocycles. The Morgan fingerprint density at radius 2 is 2.04 bits per heavy atom. The fourth-order valence-electron chi connectivity index (χ4n) is 3.13. The number of rotatable bonds is 4. The van der Waals surface area contributed by atoms with E-state index in [0.717, 1.165) is 11.1 Å². The molecule has 0 aliphatic carbocycles. The first-order valence-electron chi connectivity index (χ1n) is 7.69. The van der Waals surface area contributed by atoms with Crippen molar-refractivity contribution in [3.8, 4) is 0 Å². The van der Waals surface area contributed by atoms with Gasteiger partial charge < -0.3 is 14.8 Å². The Morgan fingerprint density at radius 1 is 1.29 bits per heavy atom. The number of benzene rings is 1. The topological polar surface area (TPSA) is 20.2 Å². The third kappa shape index (κ3) is 3.35. The Hall–Kier alpha value is -1.03. The number of aromatic nitrogens is 1. The number of nitrogens with one attached hydrogen (secondary N) is 1. The SMILES string of the molecule is CN1CCC(Nc2cccc3c2cc(I)n3C(F)C(F)F)C(F)C1. The Bertz CT molecular complexity index is 721. The van der Waals surface area contributed by atoms with Gasteiger partial charge in [0.1, 0.15) is 6.17 Å². The number of hydrogen-bond donors (Lipinski definition) is 1. The summed E-state index contributed by atoms with van der Waals surface area (Å²) in [5, 5.41) is 3.80. The Balaban J connectivity index is 1.94. The number of anilines is 1. The molecular formula is C16H18F4IN3. The minimum absolute atomic E-state index is 0.343. The molecule has 24 heavy (non-hydrogen) atoms. The molecule has 0 saturated carbocycles. The van der Waals surface area contributed by atoms with E-state index in [1.807, 2.05) is 34.5 Å². The molecule has 3 rings (SSSR count). The quantitative estimate of drug-likeness (QED) is 0.544. The van der Waals surface area contributed by atoms with Crippen molar-refractivity contribution in [2.75, 3.05) is 25.5 Å². The lowest BCUT2D eigenvalue weighted by molar-refractivity contribution is 0.00930. The van der Waals surface area contributed by atoms with E-state index in [1.165, 1.54) is 0 Å². The largest absolute Gasteiger partial charge is 0.379 e. The third-order valence-corrected chi connectivity index (χ3v) is 5.21. The van der Waals surface area contributed by atoms with Crippen molar-refractivity contribution >= 4 is 39.2 Å². The second-order valence-electron chi connectivity index (χ2n) is 6.10. The van der Waals surface area contributed by atoms with Crippen LogP contribution in [0.2, 0.25) is 0 Å². The van der Waals surface area contributed by atoms with Crippen molar-refractivity contribution in [3.05, 3.63) is 28.0 Å². The van der Waals surface area contributed by atoms with Gasteiger partial charge in [0, 0.05) is 24.2 Å². The predicted molar refractivity (Wildman–Crippen MR) is 95.2 cm³/mol. The first kappa shape index (κ1) is 17.8. The Kier molecular flexibility index (Phi) is 5.24. The minimum atomic E-state index is -3.10. The van der Waals surface area contributed by atoms with Crippen LogP contribution in [-0.4, -0.2) is 48.2 Å². The summed E-state index contributed by atoms with van der Waals surface area (Å²) in [7, 11) is 1.87. The van der Waals surface area contributed by atoms with Gasteiger partial charge in [-0.25, -0.2) is 17.6 Å². The van der Waals surface area contributed by atoms with Crippen LogP contribution in [0.25, 0.3) is 10.9 Å². The number of nitrogens with zero attached hydrogens (tertiary/aromatic N) is 2. The molecule has 3 atom stereocenters. The second kappa shape index (κ2) is 7.07. The lowest BCUT2D eigenvalue weighted by atomic mass is 10.0. The van der Waals surface area contributed by atoms with Crippen LogP contribution in [0.5, 0.6) is 0 Å². The molecule has 3 nitrogen and oxygen atoms in total. The molecule has 1 fully saturated rings. The summed E-state index contributed by atoms with van der Waals surface area (Å²) in [4.78, 5) is 1.93. The van der Waals surface area contributed by atoms with E-state index >= 15 is 0 Å². The summed E-state index contributed by atoms with van der Waals surface area (Å²) in [5.74, 6) is 0. The maximum atomic E-state index is 14.2. The van der Waals surface area contributed by atoms with E-state index in [2.05, 4.69) is 5.32 Å². The van der Waals surface area contributed by atoms with Crippen LogP contribution in [0.4, 0.5) is 23.2 Å². The van der Waals surface area contributed by atoms with Crippen LogP contribution in [0.15, 0.2) is 24.3 Å². The fraction of sp³-hybridized carbons (Fsp3) is 0.500. The van der Waals surface area contributed by atoms with Gasteiger partial charge in [0.05, 0.1) is 15.3 Å². The third-order valence-electron chi connectivity index (χ3n) is 4.38. The maximum absolute atomic E-state index is 14.2. The summed E-state index contributed by atoms with van der Waals surface area (Å²) in [6, 6.07) is 6.33. The summed E-state index contributed by atoms with van der Waals surface area (Å²) < 4.78 is 55.1. The van der Waals surface area contributed by atoms with Crippen LogP contribution in [0.1, 0.15) is 12.7 Å². The second-order valence-corrected chi connectivity index (χ2v) is 7.21. The number of alkyl halides is 4. The van der Waals surface area contributed by atoms with Crippen LogP contribution in [-0.2, 0) is 0 Å². The molecule has 2 heterocycles. The number of halogens is 5. The van der Waals surface area contributed by atoms with Crippen molar-refractivity contribution < 1.29 is 17.6 Å². The fourth-order valence-corrected chi connectivity index (χ4v) is 3.96. The standard InChI is InChI=1S/C16H18F4IN3/c1-23-6-5-12(10(17)8-23)22-11-3-2-4-13-9(11)7-14(21)24(13)16(20)15(18)19/h2-4,7,10,12,15-16,22H,5-6,8H2,1H3. The van der Waals surface area contributed by atoms with Gasteiger partial charge in [0.15, 0.2) is 0 Å². The molecule has 1 aromatic heterocycles. The van der Waals surface area contributed by atoms with E-state index in [-0.39, 0.29) is 6.04 Å². The highest BCUT2D eigenvalue weighted by molar-refractivity contribution is 14.1. The lowest BCUT2D eigenvalue weighted by Crippen LogP contribution is -2.46. The van der Waals surface area contributed by atoms with Gasteiger partial charge in [-0.3, -0.25) is 0 Å². The highest BCUT2D eigenvalue weighted by Gasteiger charge is 2.29. The predicted octanol–water partition coefficient (Wildman–Crippen LogP) is 4.43. The molecule has 0 amide bonds. The van der Waals surface area contributed by atoms with Gasteiger partial charge in [-0.05, 0) is 54.3 Å². The highest BCUT2D eigenvalue weighted by Crippen LogP contribution is 2.34. The molecule has 0 bridgehead atoms. The molecule has 2 aromatic rings. The van der Waals surface area contributed by atoms with Gasteiger partial charge in [-0.15, -0.1) is 0 Å². The average molecular weight is 455 g/mol. The maximum Gasteiger partial charge on any atom is 0.288 e. The van der Waals surface area contributed by atoms with Crippen molar-refractivity contribution in [3.63, 3.8) is 0 Å². The number of piperidine rings is 1. The molecule has 1 aromatic carbocycles. The zero-order valence-corrected chi connectivity index (χ0v) is 15.2. The molecular weight excluding hydrogens is 437 g/mol. The van der Waals surface area contributed by atoms with Crippen LogP contribution in [0.3, 0.4) is 0 Å². The molecule has 132 valence electrons. The molecule has 0 spiro atoms. The first-order chi connectivity index (χ1) is 11.4. The van der Waals surface area contributed by atoms with Gasteiger partial charge in [0.2, 0.25) is 6.30 Å². The first-order valence-corrected chi connectivity index (χ1v) is 8.77.